The van der Waals surface area contributed by atoms with E-state index in [0.717, 1.165) is 17.5 Å². The summed E-state index contributed by atoms with van der Waals surface area (Å²) in [5.74, 6) is 0.526. The molecule has 2 aromatic rings. The fourth-order valence-corrected chi connectivity index (χ4v) is 3.11. The molecule has 0 aliphatic carbocycles. The van der Waals surface area contributed by atoms with Crippen LogP contribution in [0.1, 0.15) is 11.1 Å². The zero-order chi connectivity index (χ0) is 14.6. The van der Waals surface area contributed by atoms with E-state index >= 15 is 0 Å². The zero-order valence-electron chi connectivity index (χ0n) is 11.2. The lowest BCUT2D eigenvalue weighted by Crippen LogP contribution is -2.23. The van der Waals surface area contributed by atoms with Gasteiger partial charge in [-0.15, -0.1) is 11.6 Å². The molecule has 1 aromatic heterocycles. The summed E-state index contributed by atoms with van der Waals surface area (Å²) < 4.78 is 28.7. The number of hydrogen-bond donors (Lipinski definition) is 1. The van der Waals surface area contributed by atoms with Crippen LogP contribution in [0.4, 0.5) is 0 Å². The van der Waals surface area contributed by atoms with Crippen LogP contribution in [0, 0.1) is 0 Å². The van der Waals surface area contributed by atoms with Crippen molar-refractivity contribution in [3.63, 3.8) is 0 Å². The molecule has 6 heteroatoms. The second-order valence-electron chi connectivity index (χ2n) is 4.59. The largest absolute Gasteiger partial charge is 0.357 e. The number of aromatic nitrogens is 1. The third-order valence-electron chi connectivity index (χ3n) is 2.98. The second kappa shape index (κ2) is 6.43. The number of benzene rings is 1. The Bertz CT molecular complexity index is 663. The molecule has 0 saturated heterocycles. The van der Waals surface area contributed by atoms with Gasteiger partial charge in [0.15, 0.2) is 0 Å². The summed E-state index contributed by atoms with van der Waals surface area (Å²) in [4.78, 5) is 0.270. The first-order valence-electron chi connectivity index (χ1n) is 6.27. The highest BCUT2D eigenvalue weighted by molar-refractivity contribution is 7.89. The maximum Gasteiger partial charge on any atom is 0.240 e. The molecule has 0 spiro atoms. The SMILES string of the molecule is Cn1ccc(CNS(=O)(=O)c2ccc(CCCl)cc2)c1. The van der Waals surface area contributed by atoms with Crippen molar-refractivity contribution in [2.75, 3.05) is 5.88 Å². The van der Waals surface area contributed by atoms with Crippen molar-refractivity contribution in [1.29, 1.82) is 0 Å². The van der Waals surface area contributed by atoms with Gasteiger partial charge >= 0.3 is 0 Å². The molecule has 20 heavy (non-hydrogen) atoms. The maximum absolute atomic E-state index is 12.1. The summed E-state index contributed by atoms with van der Waals surface area (Å²) in [6, 6.07) is 8.68. The van der Waals surface area contributed by atoms with E-state index in [1.807, 2.05) is 30.1 Å². The predicted octanol–water partition coefficient (Wildman–Crippen LogP) is 2.28. The molecule has 0 aliphatic rings. The van der Waals surface area contributed by atoms with Crippen LogP contribution < -0.4 is 4.72 Å². The lowest BCUT2D eigenvalue weighted by molar-refractivity contribution is 0.581. The molecule has 0 amide bonds. The molecule has 0 aliphatic heterocycles. The van der Waals surface area contributed by atoms with E-state index in [1.165, 1.54) is 0 Å². The smallest absolute Gasteiger partial charge is 0.240 e. The van der Waals surface area contributed by atoms with E-state index in [4.69, 9.17) is 11.6 Å². The Hall–Kier alpha value is -1.30. The van der Waals surface area contributed by atoms with Crippen LogP contribution in [0.25, 0.3) is 0 Å². The molecule has 0 fully saturated rings. The first-order valence-corrected chi connectivity index (χ1v) is 8.28. The van der Waals surface area contributed by atoms with Gasteiger partial charge in [0.05, 0.1) is 4.90 Å². The lowest BCUT2D eigenvalue weighted by atomic mass is 10.2. The Morgan fingerprint density at radius 2 is 1.85 bits per heavy atom. The first kappa shape index (κ1) is 15.1. The second-order valence-corrected chi connectivity index (χ2v) is 6.74. The number of rotatable bonds is 6. The average molecular weight is 313 g/mol. The Balaban J connectivity index is 2.05. The molecule has 1 N–H and O–H groups in total. The molecule has 0 atom stereocenters. The molecule has 0 bridgehead atoms. The van der Waals surface area contributed by atoms with Crippen molar-refractivity contribution < 1.29 is 8.42 Å². The quantitative estimate of drug-likeness (QED) is 0.832. The van der Waals surface area contributed by atoms with Crippen molar-refractivity contribution in [3.05, 3.63) is 53.9 Å². The van der Waals surface area contributed by atoms with Gasteiger partial charge in [-0.3, -0.25) is 0 Å². The van der Waals surface area contributed by atoms with Gasteiger partial charge in [-0.1, -0.05) is 12.1 Å². The Labute approximate surface area is 124 Å². The van der Waals surface area contributed by atoms with Crippen molar-refractivity contribution in [2.45, 2.75) is 17.9 Å². The summed E-state index contributed by atoms with van der Waals surface area (Å²) in [6.07, 6.45) is 4.50. The van der Waals surface area contributed by atoms with Gasteiger partial charge in [0, 0.05) is 31.9 Å². The average Bonchev–Trinajstić information content (AvgIpc) is 2.84. The monoisotopic (exact) mass is 312 g/mol. The fourth-order valence-electron chi connectivity index (χ4n) is 1.87. The summed E-state index contributed by atoms with van der Waals surface area (Å²) in [6.45, 7) is 0.284. The summed E-state index contributed by atoms with van der Waals surface area (Å²) >= 11 is 5.65. The van der Waals surface area contributed by atoms with Crippen LogP contribution in [-0.4, -0.2) is 18.9 Å². The first-order chi connectivity index (χ1) is 9.51. The predicted molar refractivity (Wildman–Crippen MR) is 80.3 cm³/mol. The third kappa shape index (κ3) is 3.85. The summed E-state index contributed by atoms with van der Waals surface area (Å²) in [7, 11) is -1.58. The van der Waals surface area contributed by atoms with E-state index in [0.29, 0.717) is 5.88 Å². The number of alkyl halides is 1. The van der Waals surface area contributed by atoms with Crippen LogP contribution in [-0.2, 0) is 30.0 Å². The standard InChI is InChI=1S/C14H17ClN2O2S/c1-17-9-7-13(11-17)10-16-20(18,19)14-4-2-12(3-5-14)6-8-15/h2-5,7,9,11,16H,6,8,10H2,1H3. The molecule has 0 radical (unpaired) electrons. The van der Waals surface area contributed by atoms with E-state index < -0.39 is 10.0 Å². The van der Waals surface area contributed by atoms with Crippen molar-refractivity contribution in [3.8, 4) is 0 Å². The number of hydrogen-bond acceptors (Lipinski definition) is 2. The van der Waals surface area contributed by atoms with Crippen molar-refractivity contribution >= 4 is 21.6 Å². The van der Waals surface area contributed by atoms with E-state index in [-0.39, 0.29) is 11.4 Å². The van der Waals surface area contributed by atoms with Gasteiger partial charge < -0.3 is 4.57 Å². The number of sulfonamides is 1. The highest BCUT2D eigenvalue weighted by Crippen LogP contribution is 2.12. The van der Waals surface area contributed by atoms with Crippen molar-refractivity contribution in [2.24, 2.45) is 7.05 Å². The van der Waals surface area contributed by atoms with E-state index in [9.17, 15) is 8.42 Å². The molecule has 1 heterocycles. The summed E-state index contributed by atoms with van der Waals surface area (Å²) in [5.41, 5.74) is 1.96. The van der Waals surface area contributed by atoms with Gasteiger partial charge in [0.2, 0.25) is 10.0 Å². The molecule has 4 nitrogen and oxygen atoms in total. The van der Waals surface area contributed by atoms with Crippen LogP contribution in [0.15, 0.2) is 47.6 Å². The molecule has 0 saturated carbocycles. The minimum atomic E-state index is -3.47. The molecule has 108 valence electrons. The van der Waals surface area contributed by atoms with Crippen LogP contribution in [0.3, 0.4) is 0 Å². The van der Waals surface area contributed by atoms with Gasteiger partial charge in [0.25, 0.3) is 0 Å². The normalized spacial score (nSPS) is 11.7. The van der Waals surface area contributed by atoms with Gasteiger partial charge in [-0.2, -0.15) is 0 Å². The maximum atomic E-state index is 12.1. The number of aryl methyl sites for hydroxylation is 2. The van der Waals surface area contributed by atoms with Crippen LogP contribution >= 0.6 is 11.6 Å². The molecular formula is C14H17ClN2O2S. The minimum absolute atomic E-state index is 0.270. The fraction of sp³-hybridized carbons (Fsp3) is 0.286. The molecular weight excluding hydrogens is 296 g/mol. The topological polar surface area (TPSA) is 51.1 Å². The van der Waals surface area contributed by atoms with E-state index in [1.54, 1.807) is 24.3 Å². The van der Waals surface area contributed by atoms with Crippen LogP contribution in [0.5, 0.6) is 0 Å². The molecule has 1 aromatic carbocycles. The Kier molecular flexibility index (Phi) is 4.86. The van der Waals surface area contributed by atoms with E-state index in [2.05, 4.69) is 4.72 Å². The number of halogens is 1. The highest BCUT2D eigenvalue weighted by Gasteiger charge is 2.13. The lowest BCUT2D eigenvalue weighted by Gasteiger charge is -2.06. The Morgan fingerprint density at radius 1 is 1.15 bits per heavy atom. The van der Waals surface area contributed by atoms with Gasteiger partial charge in [-0.25, -0.2) is 13.1 Å². The highest BCUT2D eigenvalue weighted by atomic mass is 35.5. The number of nitrogens with one attached hydrogen (secondary N) is 1. The molecule has 2 rings (SSSR count). The Morgan fingerprint density at radius 3 is 2.40 bits per heavy atom. The number of nitrogens with zero attached hydrogens (tertiary/aromatic N) is 1. The van der Waals surface area contributed by atoms with Gasteiger partial charge in [-0.05, 0) is 35.7 Å². The summed E-state index contributed by atoms with van der Waals surface area (Å²) in [5, 5.41) is 0. The zero-order valence-corrected chi connectivity index (χ0v) is 12.8. The minimum Gasteiger partial charge on any atom is -0.357 e. The molecule has 0 unspecified atom stereocenters. The third-order valence-corrected chi connectivity index (χ3v) is 4.58. The van der Waals surface area contributed by atoms with Crippen molar-refractivity contribution in [1.82, 2.24) is 9.29 Å². The van der Waals surface area contributed by atoms with Crippen LogP contribution in [0.2, 0.25) is 0 Å². The van der Waals surface area contributed by atoms with Gasteiger partial charge in [0.1, 0.15) is 0 Å².